The SMILES string of the molecule is CSC1=NNC(SCCC(=O)OCCC(F)(F)C(F)(F)F)S1. The Kier molecular flexibility index (Phi) is 7.59. The molecule has 0 saturated carbocycles. The van der Waals surface area contributed by atoms with E-state index >= 15 is 0 Å². The van der Waals surface area contributed by atoms with Crippen LogP contribution in [0.3, 0.4) is 0 Å². The Morgan fingerprint density at radius 1 is 1.41 bits per heavy atom. The fraction of sp³-hybridized carbons (Fsp3) is 0.800. The standard InChI is InChI=1S/C10H13F5N2O2S3/c1-20-7-16-17-8(22-7)21-5-2-6(18)19-4-3-9(11,12)10(13,14)15/h8,17H,2-5H2,1H3. The summed E-state index contributed by atoms with van der Waals surface area (Å²) >= 11 is 4.32. The van der Waals surface area contributed by atoms with Gasteiger partial charge < -0.3 is 4.74 Å². The van der Waals surface area contributed by atoms with E-state index in [0.717, 1.165) is 4.38 Å². The van der Waals surface area contributed by atoms with Crippen molar-refractivity contribution in [3.8, 4) is 0 Å². The van der Waals surface area contributed by atoms with Gasteiger partial charge in [-0.15, -0.1) is 23.5 Å². The van der Waals surface area contributed by atoms with Crippen LogP contribution in [0.25, 0.3) is 0 Å². The summed E-state index contributed by atoms with van der Waals surface area (Å²) < 4.78 is 66.0. The van der Waals surface area contributed by atoms with Crippen LogP contribution >= 0.6 is 35.3 Å². The van der Waals surface area contributed by atoms with Crippen molar-refractivity contribution in [3.05, 3.63) is 0 Å². The summed E-state index contributed by atoms with van der Waals surface area (Å²) in [4.78, 5) is 11.3. The van der Waals surface area contributed by atoms with Crippen molar-refractivity contribution >= 4 is 45.6 Å². The van der Waals surface area contributed by atoms with Gasteiger partial charge in [-0.2, -0.15) is 27.1 Å². The van der Waals surface area contributed by atoms with E-state index < -0.39 is 31.1 Å². The molecule has 0 bridgehead atoms. The summed E-state index contributed by atoms with van der Waals surface area (Å²) in [5.74, 6) is -5.31. The summed E-state index contributed by atoms with van der Waals surface area (Å²) in [5.41, 5.74) is 2.83. The second-order valence-corrected chi connectivity index (χ2v) is 7.61. The summed E-state index contributed by atoms with van der Waals surface area (Å²) in [7, 11) is 0. The smallest absolute Gasteiger partial charge is 0.453 e. The zero-order valence-corrected chi connectivity index (χ0v) is 13.7. The third-order valence-corrected chi connectivity index (χ3v) is 5.70. The highest BCUT2D eigenvalue weighted by atomic mass is 32.2. The average Bonchev–Trinajstić information content (AvgIpc) is 2.85. The Morgan fingerprint density at radius 2 is 2.09 bits per heavy atom. The van der Waals surface area contributed by atoms with Crippen molar-refractivity contribution in [2.45, 2.75) is 29.6 Å². The van der Waals surface area contributed by atoms with Crippen molar-refractivity contribution < 1.29 is 31.5 Å². The van der Waals surface area contributed by atoms with Crippen LogP contribution in [0.15, 0.2) is 5.10 Å². The number of carbonyl (C=O) groups excluding carboxylic acids is 1. The van der Waals surface area contributed by atoms with E-state index in [1.165, 1.54) is 35.3 Å². The second-order valence-electron chi connectivity index (χ2n) is 3.95. The molecule has 0 aromatic carbocycles. The van der Waals surface area contributed by atoms with Gasteiger partial charge in [-0.25, -0.2) is 0 Å². The summed E-state index contributed by atoms with van der Waals surface area (Å²) in [6, 6.07) is 0. The van der Waals surface area contributed by atoms with E-state index in [0.29, 0.717) is 5.75 Å². The molecular formula is C10H13F5N2O2S3. The number of halogens is 5. The molecule has 1 aliphatic heterocycles. The molecule has 0 amide bonds. The van der Waals surface area contributed by atoms with Gasteiger partial charge in [0.1, 0.15) is 4.71 Å². The van der Waals surface area contributed by atoms with Crippen LogP contribution in [0.4, 0.5) is 22.0 Å². The fourth-order valence-corrected chi connectivity index (χ4v) is 4.03. The van der Waals surface area contributed by atoms with Gasteiger partial charge in [0.05, 0.1) is 19.4 Å². The van der Waals surface area contributed by atoms with Gasteiger partial charge in [-0.05, 0) is 6.26 Å². The van der Waals surface area contributed by atoms with Crippen LogP contribution in [0.2, 0.25) is 0 Å². The minimum atomic E-state index is -5.63. The number of esters is 1. The van der Waals surface area contributed by atoms with Crippen molar-refractivity contribution in [2.75, 3.05) is 18.6 Å². The lowest BCUT2D eigenvalue weighted by Gasteiger charge is -2.19. The van der Waals surface area contributed by atoms with Crippen LogP contribution in [0.5, 0.6) is 0 Å². The summed E-state index contributed by atoms with van der Waals surface area (Å²) in [6.45, 7) is -0.966. The van der Waals surface area contributed by atoms with Gasteiger partial charge >= 0.3 is 18.1 Å². The Labute approximate surface area is 136 Å². The Balaban J connectivity index is 2.12. The van der Waals surface area contributed by atoms with E-state index in [1.807, 2.05) is 6.26 Å². The predicted octanol–water partition coefficient (Wildman–Crippen LogP) is 3.49. The molecule has 0 saturated heterocycles. The van der Waals surface area contributed by atoms with Crippen LogP contribution in [-0.4, -0.2) is 45.8 Å². The highest BCUT2D eigenvalue weighted by Gasteiger charge is 2.56. The van der Waals surface area contributed by atoms with Gasteiger partial charge in [-0.3, -0.25) is 10.2 Å². The van der Waals surface area contributed by atoms with Gasteiger partial charge in [0.2, 0.25) is 0 Å². The lowest BCUT2D eigenvalue weighted by Crippen LogP contribution is -2.37. The molecule has 1 atom stereocenters. The maximum absolute atomic E-state index is 12.6. The maximum Gasteiger partial charge on any atom is 0.453 e. The number of alkyl halides is 5. The number of ether oxygens (including phenoxy) is 1. The topological polar surface area (TPSA) is 50.7 Å². The fourth-order valence-electron chi connectivity index (χ4n) is 1.17. The number of hydrogen-bond acceptors (Lipinski definition) is 7. The molecule has 128 valence electrons. The van der Waals surface area contributed by atoms with E-state index in [2.05, 4.69) is 15.3 Å². The van der Waals surface area contributed by atoms with Gasteiger partial charge in [0, 0.05) is 5.75 Å². The Hall–Kier alpha value is -0.360. The molecule has 1 heterocycles. The molecule has 0 fully saturated rings. The molecule has 12 heteroatoms. The third-order valence-electron chi connectivity index (χ3n) is 2.31. The normalized spacial score (nSPS) is 18.8. The average molecular weight is 384 g/mol. The molecule has 1 unspecified atom stereocenters. The minimum Gasteiger partial charge on any atom is -0.465 e. The zero-order valence-electron chi connectivity index (χ0n) is 11.3. The lowest BCUT2D eigenvalue weighted by atomic mass is 10.2. The predicted molar refractivity (Wildman–Crippen MR) is 79.1 cm³/mol. The van der Waals surface area contributed by atoms with E-state index in [4.69, 9.17) is 0 Å². The van der Waals surface area contributed by atoms with Gasteiger partial charge in [0.15, 0.2) is 4.38 Å². The number of hydrogen-bond donors (Lipinski definition) is 1. The first-order valence-electron chi connectivity index (χ1n) is 5.91. The Bertz CT molecular complexity index is 420. The number of carbonyl (C=O) groups is 1. The molecule has 0 aliphatic carbocycles. The van der Waals surface area contributed by atoms with Crippen molar-refractivity contribution in [3.63, 3.8) is 0 Å². The minimum absolute atomic E-state index is 0.0511. The highest BCUT2D eigenvalue weighted by Crippen LogP contribution is 2.38. The number of nitrogens with one attached hydrogen (secondary N) is 1. The van der Waals surface area contributed by atoms with Gasteiger partial charge in [-0.1, -0.05) is 11.8 Å². The molecule has 22 heavy (non-hydrogen) atoms. The molecule has 0 aromatic rings. The summed E-state index contributed by atoms with van der Waals surface area (Å²) in [6.07, 6.45) is -5.40. The maximum atomic E-state index is 12.6. The number of hydrazone groups is 1. The molecule has 1 aliphatic rings. The number of nitrogens with zero attached hydrogens (tertiary/aromatic N) is 1. The van der Waals surface area contributed by atoms with Crippen LogP contribution in [-0.2, 0) is 9.53 Å². The van der Waals surface area contributed by atoms with E-state index in [-0.39, 0.29) is 11.1 Å². The lowest BCUT2D eigenvalue weighted by molar-refractivity contribution is -0.286. The molecule has 0 aromatic heterocycles. The molecular weight excluding hydrogens is 371 g/mol. The quantitative estimate of drug-likeness (QED) is 0.536. The van der Waals surface area contributed by atoms with Crippen LogP contribution in [0, 0.1) is 0 Å². The Morgan fingerprint density at radius 3 is 2.64 bits per heavy atom. The molecule has 1 N–H and O–H groups in total. The summed E-state index contributed by atoms with van der Waals surface area (Å²) in [5, 5.41) is 4.00. The first-order chi connectivity index (χ1) is 10.2. The monoisotopic (exact) mass is 384 g/mol. The molecule has 0 radical (unpaired) electrons. The van der Waals surface area contributed by atoms with Crippen LogP contribution in [0.1, 0.15) is 12.8 Å². The number of rotatable bonds is 7. The van der Waals surface area contributed by atoms with E-state index in [1.54, 1.807) is 0 Å². The third kappa shape index (κ3) is 6.41. The first kappa shape index (κ1) is 19.7. The van der Waals surface area contributed by atoms with Crippen molar-refractivity contribution in [2.24, 2.45) is 5.10 Å². The number of thioether (sulfide) groups is 3. The van der Waals surface area contributed by atoms with Gasteiger partial charge in [0.25, 0.3) is 0 Å². The largest absolute Gasteiger partial charge is 0.465 e. The molecule has 4 nitrogen and oxygen atoms in total. The molecule has 1 rings (SSSR count). The zero-order chi connectivity index (χ0) is 16.8. The van der Waals surface area contributed by atoms with Crippen LogP contribution < -0.4 is 5.43 Å². The molecule has 0 spiro atoms. The van der Waals surface area contributed by atoms with Crippen molar-refractivity contribution in [1.29, 1.82) is 0 Å². The second kappa shape index (κ2) is 8.48. The van der Waals surface area contributed by atoms with E-state index in [9.17, 15) is 26.7 Å². The highest BCUT2D eigenvalue weighted by molar-refractivity contribution is 8.42. The van der Waals surface area contributed by atoms with Crippen molar-refractivity contribution in [1.82, 2.24) is 5.43 Å². The first-order valence-corrected chi connectivity index (χ1v) is 9.06.